The Morgan fingerprint density at radius 1 is 0.746 bits per heavy atom. The van der Waals surface area contributed by atoms with Gasteiger partial charge in [-0.1, -0.05) is 50.2 Å². The second kappa shape index (κ2) is 17.0. The molecule has 0 atom stereocenters. The second-order valence-electron chi connectivity index (χ2n) is 14.1. The molecule has 1 fully saturated rings. The first kappa shape index (κ1) is 43.1. The molecule has 0 radical (unpaired) electrons. The number of fused-ring (bicyclic) bond motifs is 2. The van der Waals surface area contributed by atoms with Gasteiger partial charge >= 0.3 is 14.2 Å². The number of hydrogen-bond donors (Lipinski definition) is 2. The summed E-state index contributed by atoms with van der Waals surface area (Å²) in [6.07, 6.45) is 2.87. The van der Waals surface area contributed by atoms with E-state index >= 15 is 0 Å². The smallest absolute Gasteiger partial charge is 0.493 e. The molecule has 3 aliphatic heterocycles. The van der Waals surface area contributed by atoms with E-state index in [0.717, 1.165) is 6.07 Å². The summed E-state index contributed by atoms with van der Waals surface area (Å²) in [4.78, 5) is -0.0545. The largest absolute Gasteiger partial charge is 0.494 e. The van der Waals surface area contributed by atoms with Crippen molar-refractivity contribution in [2.75, 3.05) is 41.5 Å². The van der Waals surface area contributed by atoms with Crippen LogP contribution in [0.15, 0.2) is 102 Å². The number of methoxy groups -OCH3 is 2. The lowest BCUT2D eigenvalue weighted by Gasteiger charge is -2.33. The average molecular weight is 850 g/mol. The van der Waals surface area contributed by atoms with Gasteiger partial charge in [0.1, 0.15) is 9.79 Å². The maximum atomic E-state index is 13.6. The van der Waals surface area contributed by atoms with Crippen molar-refractivity contribution in [2.45, 2.75) is 23.6 Å². The summed E-state index contributed by atoms with van der Waals surface area (Å²) in [6, 6.07) is 17.4. The van der Waals surface area contributed by atoms with E-state index in [-0.39, 0.29) is 49.4 Å². The molecule has 22 heteroatoms. The van der Waals surface area contributed by atoms with Crippen molar-refractivity contribution >= 4 is 69.3 Å². The van der Waals surface area contributed by atoms with Crippen LogP contribution in [0.3, 0.4) is 0 Å². The van der Waals surface area contributed by atoms with Crippen molar-refractivity contribution in [1.29, 1.82) is 0 Å². The first-order chi connectivity index (χ1) is 27.8. The molecule has 0 amide bonds. The van der Waals surface area contributed by atoms with Gasteiger partial charge in [-0.3, -0.25) is 0 Å². The van der Waals surface area contributed by atoms with Gasteiger partial charge in [0.25, 0.3) is 20.0 Å². The van der Waals surface area contributed by atoms with Crippen LogP contribution >= 0.6 is 0 Å². The van der Waals surface area contributed by atoms with Crippen LogP contribution in [0.1, 0.15) is 36.1 Å². The van der Waals surface area contributed by atoms with Gasteiger partial charge in [-0.05, 0) is 58.5 Å². The standard InChI is InChI=1S/C21H23BFN3O5S.C16H15BFN3O5S/c1-21(2)12-30-22(31-13-21)15-6-7-16-19(10-15)32(27,28)25-20(16)26(3)24-11-14-5-8-17(23)18(9-14)29-4;1-21(19-9-10-3-6-13(18)14(7-10)26-2)16-12-5-4-11(17(22)23)8-15(12)27(24,25)20-16/h5-11H,12-13H2,1-4H3;3-9,22-23H,1-2H3/b24-11+;19-9+. The number of halogens is 2. The Morgan fingerprint density at radius 2 is 1.20 bits per heavy atom. The first-order valence-corrected chi connectivity index (χ1v) is 20.5. The van der Waals surface area contributed by atoms with Crippen molar-refractivity contribution in [3.05, 3.63) is 107 Å². The number of nitrogens with zero attached hydrogens (tertiary/aromatic N) is 6. The Bertz CT molecular complexity index is 2620. The van der Waals surface area contributed by atoms with Crippen LogP contribution in [0, 0.1) is 17.0 Å². The Morgan fingerprint density at radius 3 is 1.66 bits per heavy atom. The highest BCUT2D eigenvalue weighted by Gasteiger charge is 2.37. The van der Waals surface area contributed by atoms with E-state index in [1.807, 2.05) is 13.8 Å². The Hall–Kier alpha value is -5.51. The number of ether oxygens (including phenoxy) is 2. The maximum absolute atomic E-state index is 13.6. The molecule has 0 spiro atoms. The monoisotopic (exact) mass is 850 g/mol. The highest BCUT2D eigenvalue weighted by Crippen LogP contribution is 2.29. The van der Waals surface area contributed by atoms with Crippen LogP contribution < -0.4 is 20.4 Å². The molecule has 7 rings (SSSR count). The predicted molar refractivity (Wildman–Crippen MR) is 218 cm³/mol. The van der Waals surface area contributed by atoms with Crippen LogP contribution in [0.5, 0.6) is 11.5 Å². The molecule has 0 bridgehead atoms. The van der Waals surface area contributed by atoms with E-state index in [1.165, 1.54) is 98.3 Å². The summed E-state index contributed by atoms with van der Waals surface area (Å²) in [5, 5.41) is 29.5. The normalized spacial score (nSPS) is 17.1. The fourth-order valence-electron chi connectivity index (χ4n) is 5.89. The molecule has 3 heterocycles. The molecule has 0 aliphatic carbocycles. The zero-order valence-corrected chi connectivity index (χ0v) is 34.2. The third kappa shape index (κ3) is 9.53. The van der Waals surface area contributed by atoms with Gasteiger partial charge in [-0.2, -0.15) is 27.0 Å². The Kier molecular flexibility index (Phi) is 12.4. The van der Waals surface area contributed by atoms with E-state index < -0.39 is 45.9 Å². The van der Waals surface area contributed by atoms with Crippen molar-refractivity contribution in [3.8, 4) is 11.5 Å². The highest BCUT2D eigenvalue weighted by atomic mass is 32.2. The SMILES string of the molecule is COc1cc(/C=N/N(C)C2=NS(=O)(=O)c3cc(B(O)O)ccc32)ccc1F.COc1cc(/C=N/N(C)C2=NS(=O)(=O)c3cc(B4OCC(C)(C)CO4)ccc32)ccc1F. The number of amidine groups is 2. The summed E-state index contributed by atoms with van der Waals surface area (Å²) in [5.41, 5.74) is 2.41. The van der Waals surface area contributed by atoms with Crippen molar-refractivity contribution in [1.82, 2.24) is 10.0 Å². The van der Waals surface area contributed by atoms with Crippen LogP contribution in [-0.2, 0) is 29.4 Å². The van der Waals surface area contributed by atoms with E-state index in [1.54, 1.807) is 19.2 Å². The molecule has 0 aromatic heterocycles. The number of sulfonamides is 2. The Labute approximate surface area is 340 Å². The number of hydrogen-bond acceptors (Lipinski definition) is 14. The summed E-state index contributed by atoms with van der Waals surface area (Å²) in [5.74, 6) is -0.583. The molecule has 0 unspecified atom stereocenters. The van der Waals surface area contributed by atoms with Gasteiger partial charge in [0.15, 0.2) is 34.8 Å². The van der Waals surface area contributed by atoms with E-state index in [9.17, 15) is 35.7 Å². The lowest BCUT2D eigenvalue weighted by atomic mass is 9.75. The van der Waals surface area contributed by atoms with Crippen molar-refractivity contribution in [3.63, 3.8) is 0 Å². The number of hydrazone groups is 2. The van der Waals surface area contributed by atoms with Crippen molar-refractivity contribution < 1.29 is 54.4 Å². The summed E-state index contributed by atoms with van der Waals surface area (Å²) < 4.78 is 106. The maximum Gasteiger partial charge on any atom is 0.493 e. The molecule has 308 valence electrons. The van der Waals surface area contributed by atoms with E-state index in [2.05, 4.69) is 19.0 Å². The molecule has 16 nitrogen and oxygen atoms in total. The summed E-state index contributed by atoms with van der Waals surface area (Å²) >= 11 is 0. The molecule has 2 N–H and O–H groups in total. The van der Waals surface area contributed by atoms with Crippen LogP contribution in [-0.4, -0.2) is 117 Å². The number of rotatable bonds is 8. The fraction of sp³-hybridized carbons (Fsp3) is 0.243. The van der Waals surface area contributed by atoms with Crippen LogP contribution in [0.2, 0.25) is 0 Å². The van der Waals surface area contributed by atoms with Gasteiger partial charge in [0.2, 0.25) is 0 Å². The molecular weight excluding hydrogens is 812 g/mol. The van der Waals surface area contributed by atoms with Gasteiger partial charge in [-0.15, -0.1) is 8.80 Å². The molecular formula is C37H38B2F2N6O10S2. The summed E-state index contributed by atoms with van der Waals surface area (Å²) in [6.45, 7) is 5.09. The fourth-order valence-corrected chi connectivity index (χ4v) is 8.42. The zero-order chi connectivity index (χ0) is 42.9. The molecule has 0 saturated carbocycles. The molecule has 4 aromatic carbocycles. The molecule has 1 saturated heterocycles. The van der Waals surface area contributed by atoms with Gasteiger partial charge in [-0.25, -0.2) is 18.8 Å². The first-order valence-electron chi connectivity index (χ1n) is 17.6. The topological polar surface area (TPSA) is 202 Å². The van der Waals surface area contributed by atoms with Gasteiger partial charge in [0, 0.05) is 43.9 Å². The second-order valence-corrected chi connectivity index (χ2v) is 17.3. The minimum Gasteiger partial charge on any atom is -0.494 e. The van der Waals surface area contributed by atoms with Crippen molar-refractivity contribution in [2.24, 2.45) is 24.4 Å². The van der Waals surface area contributed by atoms with Crippen LogP contribution in [0.25, 0.3) is 0 Å². The molecule has 59 heavy (non-hydrogen) atoms. The minimum atomic E-state index is -3.97. The number of benzene rings is 4. The zero-order valence-electron chi connectivity index (χ0n) is 32.6. The highest BCUT2D eigenvalue weighted by molar-refractivity contribution is 7.91. The molecule has 3 aliphatic rings. The lowest BCUT2D eigenvalue weighted by Crippen LogP contribution is -2.47. The Balaban J connectivity index is 0.000000201. The quantitative estimate of drug-likeness (QED) is 0.149. The minimum absolute atomic E-state index is 0.0401. The van der Waals surface area contributed by atoms with E-state index in [0.29, 0.717) is 35.4 Å². The summed E-state index contributed by atoms with van der Waals surface area (Å²) in [7, 11) is -4.47. The third-order valence-corrected chi connectivity index (χ3v) is 11.6. The lowest BCUT2D eigenvalue weighted by molar-refractivity contribution is 0.0343. The van der Waals surface area contributed by atoms with Crippen LogP contribution in [0.4, 0.5) is 8.78 Å². The van der Waals surface area contributed by atoms with E-state index in [4.69, 9.17) is 18.8 Å². The van der Waals surface area contributed by atoms with Gasteiger partial charge < -0.3 is 28.8 Å². The average Bonchev–Trinajstić information content (AvgIpc) is 3.64. The molecule has 4 aromatic rings. The third-order valence-electron chi connectivity index (χ3n) is 9.01. The van der Waals surface area contributed by atoms with Gasteiger partial charge in [0.05, 0.1) is 26.6 Å². The predicted octanol–water partition coefficient (Wildman–Crippen LogP) is 1.95.